The lowest BCUT2D eigenvalue weighted by Crippen LogP contribution is -2.50. The molecule has 0 bridgehead atoms. The highest BCUT2D eigenvalue weighted by atomic mass is 16.5. The number of hydrogen-bond acceptors (Lipinski definition) is 3. The number of ether oxygens (including phenoxy) is 1. The average molecular weight is 276 g/mol. The Balaban J connectivity index is 2.29. The second kappa shape index (κ2) is 6.37. The molecule has 3 atom stereocenters. The molecule has 0 aliphatic carbocycles. The van der Waals surface area contributed by atoms with Crippen LogP contribution in [-0.2, 0) is 9.53 Å². The Morgan fingerprint density at radius 3 is 2.25 bits per heavy atom. The number of amides is 1. The van der Waals surface area contributed by atoms with Crippen molar-refractivity contribution >= 4 is 5.91 Å². The minimum atomic E-state index is -0.222. The normalized spacial score (nSPS) is 25.2. The molecular formula is C16H24N2O2. The summed E-state index contributed by atoms with van der Waals surface area (Å²) in [5.41, 5.74) is 1.05. The zero-order chi connectivity index (χ0) is 14.7. The Kier molecular flexibility index (Phi) is 4.78. The van der Waals surface area contributed by atoms with Crippen molar-refractivity contribution in [1.29, 1.82) is 0 Å². The van der Waals surface area contributed by atoms with E-state index in [2.05, 4.69) is 18.7 Å². The number of carbonyl (C=O) groups excluding carboxylic acids is 1. The molecule has 1 aromatic carbocycles. The van der Waals surface area contributed by atoms with Crippen molar-refractivity contribution in [3.8, 4) is 0 Å². The number of morpholine rings is 1. The average Bonchev–Trinajstić information content (AvgIpc) is 2.39. The van der Waals surface area contributed by atoms with Crippen LogP contribution in [0, 0.1) is 0 Å². The first-order valence-corrected chi connectivity index (χ1v) is 7.14. The predicted octanol–water partition coefficient (Wildman–Crippen LogP) is 1.93. The Morgan fingerprint density at radius 2 is 1.75 bits per heavy atom. The third-order valence-corrected chi connectivity index (χ3v) is 3.60. The first kappa shape index (κ1) is 15.0. The number of nitrogens with zero attached hydrogens (tertiary/aromatic N) is 2. The van der Waals surface area contributed by atoms with Crippen LogP contribution in [-0.4, -0.2) is 55.1 Å². The summed E-state index contributed by atoms with van der Waals surface area (Å²) in [5, 5.41) is 0. The van der Waals surface area contributed by atoms with Gasteiger partial charge in [0.1, 0.15) is 6.04 Å². The number of rotatable bonds is 3. The second-order valence-electron chi connectivity index (χ2n) is 5.76. The van der Waals surface area contributed by atoms with E-state index in [0.29, 0.717) is 0 Å². The van der Waals surface area contributed by atoms with Gasteiger partial charge in [0.05, 0.1) is 12.2 Å². The monoisotopic (exact) mass is 276 g/mol. The number of carbonyl (C=O) groups is 1. The zero-order valence-corrected chi connectivity index (χ0v) is 12.7. The minimum Gasteiger partial charge on any atom is -0.373 e. The van der Waals surface area contributed by atoms with Crippen molar-refractivity contribution in [3.05, 3.63) is 35.9 Å². The second-order valence-corrected chi connectivity index (χ2v) is 5.76. The van der Waals surface area contributed by atoms with Crippen LogP contribution in [0.25, 0.3) is 0 Å². The van der Waals surface area contributed by atoms with E-state index in [1.54, 1.807) is 4.90 Å². The van der Waals surface area contributed by atoms with Gasteiger partial charge in [-0.05, 0) is 19.4 Å². The van der Waals surface area contributed by atoms with E-state index in [1.165, 1.54) is 0 Å². The maximum absolute atomic E-state index is 12.6. The van der Waals surface area contributed by atoms with Crippen LogP contribution in [0.15, 0.2) is 30.3 Å². The molecule has 4 nitrogen and oxygen atoms in total. The summed E-state index contributed by atoms with van der Waals surface area (Å²) < 4.78 is 5.78. The highest BCUT2D eigenvalue weighted by molar-refractivity contribution is 5.82. The molecule has 4 heteroatoms. The molecule has 1 saturated heterocycles. The van der Waals surface area contributed by atoms with Gasteiger partial charge in [-0.2, -0.15) is 0 Å². The molecule has 0 N–H and O–H groups in total. The van der Waals surface area contributed by atoms with Crippen LogP contribution >= 0.6 is 0 Å². The molecule has 110 valence electrons. The van der Waals surface area contributed by atoms with E-state index in [9.17, 15) is 4.79 Å². The van der Waals surface area contributed by atoms with Crippen molar-refractivity contribution in [3.63, 3.8) is 0 Å². The molecule has 1 aliphatic heterocycles. The molecule has 1 aliphatic rings. The summed E-state index contributed by atoms with van der Waals surface area (Å²) in [6, 6.07) is 9.77. The topological polar surface area (TPSA) is 32.8 Å². The fourth-order valence-corrected chi connectivity index (χ4v) is 2.82. The van der Waals surface area contributed by atoms with E-state index >= 15 is 0 Å². The Hall–Kier alpha value is -1.39. The van der Waals surface area contributed by atoms with Crippen LogP contribution in [0.4, 0.5) is 0 Å². The molecule has 2 rings (SSSR count). The maximum Gasteiger partial charge on any atom is 0.244 e. The summed E-state index contributed by atoms with van der Waals surface area (Å²) >= 11 is 0. The van der Waals surface area contributed by atoms with Gasteiger partial charge in [0.2, 0.25) is 5.91 Å². The fourth-order valence-electron chi connectivity index (χ4n) is 2.82. The molecule has 1 fully saturated rings. The number of benzene rings is 1. The van der Waals surface area contributed by atoms with Gasteiger partial charge in [0.25, 0.3) is 0 Å². The zero-order valence-electron chi connectivity index (χ0n) is 12.7. The van der Waals surface area contributed by atoms with Gasteiger partial charge in [-0.15, -0.1) is 0 Å². The van der Waals surface area contributed by atoms with E-state index in [-0.39, 0.29) is 24.2 Å². The van der Waals surface area contributed by atoms with Crippen LogP contribution in [0.2, 0.25) is 0 Å². The van der Waals surface area contributed by atoms with Crippen LogP contribution in [0.3, 0.4) is 0 Å². The first-order valence-electron chi connectivity index (χ1n) is 7.14. The quantitative estimate of drug-likeness (QED) is 0.845. The van der Waals surface area contributed by atoms with E-state index in [4.69, 9.17) is 4.74 Å². The predicted molar refractivity (Wildman–Crippen MR) is 79.5 cm³/mol. The van der Waals surface area contributed by atoms with Gasteiger partial charge in [0.15, 0.2) is 0 Å². The van der Waals surface area contributed by atoms with E-state index in [0.717, 1.165) is 18.7 Å². The lowest BCUT2D eigenvalue weighted by molar-refractivity contribution is -0.140. The molecule has 1 aromatic rings. The summed E-state index contributed by atoms with van der Waals surface area (Å²) in [6.07, 6.45) is 0.305. The van der Waals surface area contributed by atoms with Crippen LogP contribution < -0.4 is 0 Å². The van der Waals surface area contributed by atoms with Crippen molar-refractivity contribution in [2.45, 2.75) is 32.1 Å². The summed E-state index contributed by atoms with van der Waals surface area (Å²) in [7, 11) is 3.62. The van der Waals surface area contributed by atoms with Crippen molar-refractivity contribution in [2.24, 2.45) is 0 Å². The minimum absolute atomic E-state index is 0.123. The molecule has 0 aromatic heterocycles. The molecule has 0 spiro atoms. The highest BCUT2D eigenvalue weighted by Crippen LogP contribution is 2.26. The summed E-state index contributed by atoms with van der Waals surface area (Å²) in [5.74, 6) is 0.123. The van der Waals surface area contributed by atoms with Crippen molar-refractivity contribution in [1.82, 2.24) is 9.80 Å². The maximum atomic E-state index is 12.6. The largest absolute Gasteiger partial charge is 0.373 e. The molecule has 0 saturated carbocycles. The molecule has 1 heterocycles. The van der Waals surface area contributed by atoms with Gasteiger partial charge < -0.3 is 9.64 Å². The van der Waals surface area contributed by atoms with Gasteiger partial charge >= 0.3 is 0 Å². The molecule has 3 unspecified atom stereocenters. The Morgan fingerprint density at radius 1 is 1.20 bits per heavy atom. The summed E-state index contributed by atoms with van der Waals surface area (Å²) in [4.78, 5) is 16.5. The van der Waals surface area contributed by atoms with E-state index in [1.807, 2.05) is 44.4 Å². The van der Waals surface area contributed by atoms with E-state index < -0.39 is 0 Å². The van der Waals surface area contributed by atoms with Gasteiger partial charge in [-0.3, -0.25) is 9.69 Å². The van der Waals surface area contributed by atoms with Crippen LogP contribution in [0.1, 0.15) is 25.5 Å². The lowest BCUT2D eigenvalue weighted by atomic mass is 10.0. The van der Waals surface area contributed by atoms with Gasteiger partial charge in [-0.25, -0.2) is 0 Å². The van der Waals surface area contributed by atoms with Crippen molar-refractivity contribution < 1.29 is 9.53 Å². The third kappa shape index (κ3) is 3.38. The number of likely N-dealkylation sites (N-methyl/N-ethyl adjacent to an activating group) is 1. The fraction of sp³-hybridized carbons (Fsp3) is 0.562. The molecule has 20 heavy (non-hydrogen) atoms. The Labute approximate surface area is 121 Å². The molecular weight excluding hydrogens is 252 g/mol. The SMILES string of the molecule is CC1CN(C(C(=O)N(C)C)c2ccccc2)CC(C)O1. The summed E-state index contributed by atoms with van der Waals surface area (Å²) in [6.45, 7) is 5.68. The highest BCUT2D eigenvalue weighted by Gasteiger charge is 2.33. The smallest absolute Gasteiger partial charge is 0.244 e. The standard InChI is InChI=1S/C16H24N2O2/c1-12-10-18(11-13(2)20-12)15(16(19)17(3)4)14-8-6-5-7-9-14/h5-9,12-13,15H,10-11H2,1-4H3. The molecule has 0 radical (unpaired) electrons. The van der Waals surface area contributed by atoms with Crippen LogP contribution in [0.5, 0.6) is 0 Å². The first-order chi connectivity index (χ1) is 9.49. The molecule has 1 amide bonds. The third-order valence-electron chi connectivity index (χ3n) is 3.60. The van der Waals surface area contributed by atoms with Crippen molar-refractivity contribution in [2.75, 3.05) is 27.2 Å². The number of hydrogen-bond donors (Lipinski definition) is 0. The Bertz CT molecular complexity index is 437. The van der Waals surface area contributed by atoms with Gasteiger partial charge in [-0.1, -0.05) is 30.3 Å². The lowest BCUT2D eigenvalue weighted by Gasteiger charge is -2.40. The van der Waals surface area contributed by atoms with Gasteiger partial charge in [0, 0.05) is 27.2 Å².